The number of allylic oxidation sites excluding steroid dienone is 1. The first-order chi connectivity index (χ1) is 18.4. The molecule has 9 heteroatoms. The largest absolute Gasteiger partial charge is 0.496 e. The fourth-order valence-corrected chi connectivity index (χ4v) is 5.67. The van der Waals surface area contributed by atoms with Crippen molar-refractivity contribution in [1.29, 1.82) is 0 Å². The van der Waals surface area contributed by atoms with Gasteiger partial charge in [-0.15, -0.1) is 6.42 Å². The molecule has 0 N–H and O–H groups in total. The molecule has 38 heavy (non-hydrogen) atoms. The van der Waals surface area contributed by atoms with Crippen LogP contribution in [0.25, 0.3) is 6.08 Å². The number of nitrogens with zero attached hydrogens (tertiary/aromatic N) is 2. The van der Waals surface area contributed by atoms with Gasteiger partial charge in [0.05, 0.1) is 29.5 Å². The number of hydrogen-bond acceptors (Lipinski definition) is 7. The Kier molecular flexibility index (Phi) is 8.87. The number of terminal acetylenes is 1. The zero-order valence-corrected chi connectivity index (χ0v) is 23.7. The van der Waals surface area contributed by atoms with Crippen LogP contribution in [0.3, 0.4) is 0 Å². The zero-order valence-electron chi connectivity index (χ0n) is 21.3. The summed E-state index contributed by atoms with van der Waals surface area (Å²) < 4.78 is 19.4. The fraction of sp³-hybridized carbons (Fsp3) is 0.276. The van der Waals surface area contributed by atoms with E-state index in [9.17, 15) is 9.59 Å². The molecule has 2 heterocycles. The van der Waals surface area contributed by atoms with E-state index < -0.39 is 12.0 Å². The summed E-state index contributed by atoms with van der Waals surface area (Å²) in [5, 5.41) is 0. The van der Waals surface area contributed by atoms with Crippen molar-refractivity contribution >= 4 is 39.3 Å². The molecule has 196 valence electrons. The number of halogens is 1. The van der Waals surface area contributed by atoms with E-state index in [0.717, 1.165) is 16.5 Å². The Hall–Kier alpha value is -3.61. The Bertz CT molecular complexity index is 1600. The van der Waals surface area contributed by atoms with Crippen LogP contribution in [0.2, 0.25) is 0 Å². The maximum atomic E-state index is 13.9. The molecule has 7 nitrogen and oxygen atoms in total. The highest BCUT2D eigenvalue weighted by atomic mass is 79.9. The number of carbonyl (C=O) groups excluding carboxylic acids is 1. The average Bonchev–Trinajstić information content (AvgIpc) is 3.22. The number of rotatable bonds is 9. The van der Waals surface area contributed by atoms with Gasteiger partial charge in [-0.3, -0.25) is 9.36 Å². The Morgan fingerprint density at radius 1 is 1.24 bits per heavy atom. The fourth-order valence-electron chi connectivity index (χ4n) is 4.27. The highest BCUT2D eigenvalue weighted by Crippen LogP contribution is 2.38. The summed E-state index contributed by atoms with van der Waals surface area (Å²) in [6, 6.07) is 12.1. The molecule has 0 aliphatic carbocycles. The van der Waals surface area contributed by atoms with Gasteiger partial charge in [0.25, 0.3) is 5.56 Å². The van der Waals surface area contributed by atoms with Crippen LogP contribution in [0.15, 0.2) is 68.0 Å². The van der Waals surface area contributed by atoms with E-state index in [-0.39, 0.29) is 18.8 Å². The summed E-state index contributed by atoms with van der Waals surface area (Å²) in [4.78, 5) is 32.5. The molecular weight excluding hydrogens is 568 g/mol. The van der Waals surface area contributed by atoms with Crippen LogP contribution in [0.1, 0.15) is 43.9 Å². The van der Waals surface area contributed by atoms with Crippen molar-refractivity contribution in [2.45, 2.75) is 32.7 Å². The second-order valence-corrected chi connectivity index (χ2v) is 10.3. The van der Waals surface area contributed by atoms with Crippen LogP contribution >= 0.6 is 27.3 Å². The number of ether oxygens (including phenoxy) is 3. The molecule has 0 fully saturated rings. The molecule has 4 rings (SSSR count). The van der Waals surface area contributed by atoms with E-state index in [0.29, 0.717) is 44.1 Å². The molecule has 0 unspecified atom stereocenters. The molecule has 0 saturated heterocycles. The Labute approximate surface area is 233 Å². The Morgan fingerprint density at radius 2 is 2.00 bits per heavy atom. The van der Waals surface area contributed by atoms with Gasteiger partial charge >= 0.3 is 5.97 Å². The lowest BCUT2D eigenvalue weighted by Crippen LogP contribution is -2.40. The average molecular weight is 596 g/mol. The number of methoxy groups -OCH3 is 1. The molecule has 0 spiro atoms. The first-order valence-electron chi connectivity index (χ1n) is 12.1. The van der Waals surface area contributed by atoms with E-state index in [1.54, 1.807) is 42.9 Å². The highest BCUT2D eigenvalue weighted by Gasteiger charge is 2.36. The molecule has 0 amide bonds. The number of thiazole rings is 1. The number of aromatic nitrogens is 1. The maximum absolute atomic E-state index is 13.9. The van der Waals surface area contributed by atoms with Crippen molar-refractivity contribution in [1.82, 2.24) is 4.57 Å². The lowest BCUT2D eigenvalue weighted by atomic mass is 9.93. The third-order valence-corrected chi connectivity index (χ3v) is 7.35. The molecule has 2 aromatic carbocycles. The van der Waals surface area contributed by atoms with Gasteiger partial charge in [0, 0.05) is 10.0 Å². The summed E-state index contributed by atoms with van der Waals surface area (Å²) >= 11 is 4.81. The van der Waals surface area contributed by atoms with Gasteiger partial charge in [0.15, 0.2) is 4.80 Å². The summed E-state index contributed by atoms with van der Waals surface area (Å²) in [5.74, 6) is 3.13. The number of esters is 1. The third-order valence-electron chi connectivity index (χ3n) is 5.88. The van der Waals surface area contributed by atoms with Gasteiger partial charge in [-0.05, 0) is 55.3 Å². The van der Waals surface area contributed by atoms with E-state index >= 15 is 0 Å². The van der Waals surface area contributed by atoms with Crippen molar-refractivity contribution in [2.24, 2.45) is 4.99 Å². The minimum Gasteiger partial charge on any atom is -0.496 e. The zero-order chi connectivity index (χ0) is 27.2. The van der Waals surface area contributed by atoms with Crippen LogP contribution in [0, 0.1) is 12.3 Å². The van der Waals surface area contributed by atoms with Crippen molar-refractivity contribution < 1.29 is 19.0 Å². The summed E-state index contributed by atoms with van der Waals surface area (Å²) in [7, 11) is 1.56. The van der Waals surface area contributed by atoms with Gasteiger partial charge in [0.2, 0.25) is 0 Å². The van der Waals surface area contributed by atoms with Crippen molar-refractivity contribution in [3.8, 4) is 23.8 Å². The quantitative estimate of drug-likeness (QED) is 0.272. The number of hydrogen-bond donors (Lipinski definition) is 0. The lowest BCUT2D eigenvalue weighted by molar-refractivity contribution is -0.139. The van der Waals surface area contributed by atoms with Crippen molar-refractivity contribution in [3.63, 3.8) is 0 Å². The third kappa shape index (κ3) is 5.62. The van der Waals surface area contributed by atoms with Crippen LogP contribution in [0.4, 0.5) is 0 Å². The predicted octanol–water partition coefficient (Wildman–Crippen LogP) is 4.36. The number of fused-ring (bicyclic) bond motifs is 1. The molecule has 0 bridgehead atoms. The summed E-state index contributed by atoms with van der Waals surface area (Å²) in [6.45, 7) is 4.16. The second-order valence-electron chi connectivity index (χ2n) is 8.36. The first kappa shape index (κ1) is 27.4. The van der Waals surface area contributed by atoms with Crippen LogP contribution in [-0.2, 0) is 9.53 Å². The van der Waals surface area contributed by atoms with Gasteiger partial charge in [0.1, 0.15) is 24.1 Å². The van der Waals surface area contributed by atoms with Crippen molar-refractivity contribution in [2.75, 3.05) is 20.3 Å². The second kappa shape index (κ2) is 12.3. The van der Waals surface area contributed by atoms with Gasteiger partial charge in [-0.25, -0.2) is 9.79 Å². The van der Waals surface area contributed by atoms with Crippen LogP contribution in [-0.4, -0.2) is 30.9 Å². The van der Waals surface area contributed by atoms with E-state index in [1.807, 2.05) is 31.2 Å². The minimum atomic E-state index is -0.763. The topological polar surface area (TPSA) is 79.1 Å². The van der Waals surface area contributed by atoms with Gasteiger partial charge in [-0.2, -0.15) is 0 Å². The molecular formula is C29H27BrN2O5S. The minimum absolute atomic E-state index is 0.180. The monoisotopic (exact) mass is 594 g/mol. The standard InChI is InChI=1S/C29H27BrN2O5S/c1-5-8-22-25(28(34)36-7-3)26(21-17-19(30)11-14-23(21)35-4)32-27(33)24(38-29(32)31-22)16-18-9-12-20(13-10-18)37-15-6-2/h2,9-14,16-17,26H,5,7-8,15H2,1,3-4H3/b24-16+/t26-/m0/s1. The summed E-state index contributed by atoms with van der Waals surface area (Å²) in [6.07, 6.45) is 8.39. The molecule has 0 radical (unpaired) electrons. The molecule has 1 atom stereocenters. The van der Waals surface area contributed by atoms with E-state index in [1.165, 1.54) is 11.3 Å². The van der Waals surface area contributed by atoms with Crippen LogP contribution < -0.4 is 24.4 Å². The Balaban J connectivity index is 1.95. The molecule has 1 aliphatic heterocycles. The molecule has 1 aromatic heterocycles. The molecule has 0 saturated carbocycles. The SMILES string of the molecule is C#CCOc1ccc(/C=c2/sc3n(c2=O)[C@@H](c2cc(Br)ccc2OC)C(C(=O)OCC)=C(CCC)N=3)cc1. The Morgan fingerprint density at radius 3 is 2.66 bits per heavy atom. The van der Waals surface area contributed by atoms with Gasteiger partial charge in [-0.1, -0.05) is 58.7 Å². The predicted molar refractivity (Wildman–Crippen MR) is 151 cm³/mol. The molecule has 1 aliphatic rings. The highest BCUT2D eigenvalue weighted by molar-refractivity contribution is 9.10. The van der Waals surface area contributed by atoms with E-state index in [2.05, 4.69) is 21.9 Å². The van der Waals surface area contributed by atoms with E-state index in [4.69, 9.17) is 25.6 Å². The first-order valence-corrected chi connectivity index (χ1v) is 13.7. The smallest absolute Gasteiger partial charge is 0.338 e. The molecule has 3 aromatic rings. The van der Waals surface area contributed by atoms with Crippen molar-refractivity contribution in [3.05, 3.63) is 89.0 Å². The number of carbonyl (C=O) groups is 1. The summed E-state index contributed by atoms with van der Waals surface area (Å²) in [5.41, 5.74) is 2.18. The normalized spacial score (nSPS) is 14.9. The maximum Gasteiger partial charge on any atom is 0.338 e. The lowest BCUT2D eigenvalue weighted by Gasteiger charge is -2.27. The van der Waals surface area contributed by atoms with Gasteiger partial charge < -0.3 is 14.2 Å². The van der Waals surface area contributed by atoms with Crippen LogP contribution in [0.5, 0.6) is 11.5 Å². The number of benzene rings is 2.